The van der Waals surface area contributed by atoms with Crippen LogP contribution in [0.3, 0.4) is 0 Å². The molecule has 0 aliphatic carbocycles. The van der Waals surface area contributed by atoms with Crippen LogP contribution in [0.15, 0.2) is 42.5 Å². The van der Waals surface area contributed by atoms with E-state index in [1.807, 2.05) is 6.07 Å². The number of nitrogens with zero attached hydrogens (tertiary/aromatic N) is 1. The molecule has 0 atom stereocenters. The predicted molar refractivity (Wildman–Crippen MR) is 78.2 cm³/mol. The maximum atomic E-state index is 12.3. The molecule has 1 amide bonds. The van der Waals surface area contributed by atoms with Crippen LogP contribution < -0.4 is 4.74 Å². The van der Waals surface area contributed by atoms with Crippen LogP contribution in [0.1, 0.15) is 21.5 Å². The van der Waals surface area contributed by atoms with Gasteiger partial charge in [-0.15, -0.1) is 13.2 Å². The van der Waals surface area contributed by atoms with Crippen molar-refractivity contribution < 1.29 is 22.7 Å². The van der Waals surface area contributed by atoms with Crippen molar-refractivity contribution in [2.24, 2.45) is 0 Å². The first-order valence-electron chi connectivity index (χ1n) is 6.75. The Balaban J connectivity index is 1.72. The van der Waals surface area contributed by atoms with Gasteiger partial charge in [0.05, 0.1) is 10.6 Å². The third-order valence-corrected chi connectivity index (χ3v) is 3.81. The Bertz CT molecular complexity index is 744. The highest BCUT2D eigenvalue weighted by molar-refractivity contribution is 6.34. The maximum Gasteiger partial charge on any atom is 0.573 e. The van der Waals surface area contributed by atoms with Crippen LogP contribution in [0.4, 0.5) is 13.2 Å². The number of carbonyl (C=O) groups is 1. The van der Waals surface area contributed by atoms with Crippen molar-refractivity contribution >= 4 is 17.5 Å². The molecule has 7 heteroatoms. The van der Waals surface area contributed by atoms with Crippen LogP contribution in [0, 0.1) is 0 Å². The quantitative estimate of drug-likeness (QED) is 0.828. The standard InChI is InChI=1S/C16H11ClF3NO2/c17-13-3-1-2-11-9-21(15(22)14(11)13)8-10-4-6-12(7-5-10)23-16(18,19)20/h1-7H,8-9H2. The molecule has 1 aliphatic rings. The summed E-state index contributed by atoms with van der Waals surface area (Å²) in [7, 11) is 0. The maximum absolute atomic E-state index is 12.3. The topological polar surface area (TPSA) is 29.5 Å². The van der Waals surface area contributed by atoms with E-state index in [1.54, 1.807) is 17.0 Å². The summed E-state index contributed by atoms with van der Waals surface area (Å²) >= 11 is 6.04. The number of halogens is 4. The summed E-state index contributed by atoms with van der Waals surface area (Å²) in [6, 6.07) is 10.7. The lowest BCUT2D eigenvalue weighted by Crippen LogP contribution is -2.23. The first kappa shape index (κ1) is 15.7. The Labute approximate surface area is 135 Å². The zero-order chi connectivity index (χ0) is 16.6. The number of carbonyl (C=O) groups excluding carboxylic acids is 1. The molecule has 0 unspecified atom stereocenters. The van der Waals surface area contributed by atoms with Gasteiger partial charge in [-0.25, -0.2) is 0 Å². The fraction of sp³-hybridized carbons (Fsp3) is 0.188. The molecule has 1 heterocycles. The zero-order valence-electron chi connectivity index (χ0n) is 11.7. The summed E-state index contributed by atoms with van der Waals surface area (Å²) < 4.78 is 40.2. The van der Waals surface area contributed by atoms with E-state index in [2.05, 4.69) is 4.74 Å². The second-order valence-electron chi connectivity index (χ2n) is 5.13. The van der Waals surface area contributed by atoms with Gasteiger partial charge in [0.25, 0.3) is 5.91 Å². The Hall–Kier alpha value is -2.21. The van der Waals surface area contributed by atoms with E-state index < -0.39 is 6.36 Å². The van der Waals surface area contributed by atoms with Gasteiger partial charge in [-0.3, -0.25) is 4.79 Å². The molecule has 1 aliphatic heterocycles. The minimum atomic E-state index is -4.72. The van der Waals surface area contributed by atoms with Crippen LogP contribution in [-0.2, 0) is 13.1 Å². The fourth-order valence-electron chi connectivity index (χ4n) is 2.52. The van der Waals surface area contributed by atoms with Crippen molar-refractivity contribution in [2.45, 2.75) is 19.5 Å². The first-order valence-corrected chi connectivity index (χ1v) is 7.12. The summed E-state index contributed by atoms with van der Waals surface area (Å²) in [5.74, 6) is -0.471. The molecular weight excluding hydrogens is 331 g/mol. The summed E-state index contributed by atoms with van der Waals surface area (Å²) in [5, 5.41) is 0.406. The van der Waals surface area contributed by atoms with Crippen molar-refractivity contribution in [1.82, 2.24) is 4.90 Å². The number of hydrogen-bond donors (Lipinski definition) is 0. The van der Waals surface area contributed by atoms with Gasteiger partial charge in [0.1, 0.15) is 5.75 Å². The van der Waals surface area contributed by atoms with E-state index in [-0.39, 0.29) is 18.2 Å². The lowest BCUT2D eigenvalue weighted by atomic mass is 10.1. The van der Waals surface area contributed by atoms with Crippen LogP contribution in [0.5, 0.6) is 5.75 Å². The highest BCUT2D eigenvalue weighted by Gasteiger charge is 2.31. The monoisotopic (exact) mass is 341 g/mol. The summed E-state index contributed by atoms with van der Waals surface area (Å²) in [5.41, 5.74) is 2.04. The Morgan fingerprint density at radius 3 is 2.43 bits per heavy atom. The van der Waals surface area contributed by atoms with E-state index in [4.69, 9.17) is 11.6 Å². The fourth-order valence-corrected chi connectivity index (χ4v) is 2.80. The second kappa shape index (κ2) is 5.77. The predicted octanol–water partition coefficient (Wildman–Crippen LogP) is 4.39. The number of benzene rings is 2. The van der Waals surface area contributed by atoms with E-state index in [9.17, 15) is 18.0 Å². The third kappa shape index (κ3) is 3.42. The SMILES string of the molecule is O=C1c2c(Cl)cccc2CN1Cc1ccc(OC(F)(F)F)cc1. The molecular formula is C16H11ClF3NO2. The number of ether oxygens (including phenoxy) is 1. The molecule has 23 heavy (non-hydrogen) atoms. The van der Waals surface area contributed by atoms with Gasteiger partial charge in [0.15, 0.2) is 0 Å². The molecule has 2 aromatic rings. The lowest BCUT2D eigenvalue weighted by molar-refractivity contribution is -0.274. The second-order valence-corrected chi connectivity index (χ2v) is 5.53. The highest BCUT2D eigenvalue weighted by Crippen LogP contribution is 2.30. The van der Waals surface area contributed by atoms with E-state index >= 15 is 0 Å². The molecule has 0 saturated carbocycles. The summed E-state index contributed by atoms with van der Waals surface area (Å²) in [6.45, 7) is 0.714. The number of amides is 1. The number of fused-ring (bicyclic) bond motifs is 1. The number of rotatable bonds is 3. The third-order valence-electron chi connectivity index (χ3n) is 3.49. The normalized spacial score (nSPS) is 14.1. The molecule has 0 bridgehead atoms. The number of alkyl halides is 3. The van der Waals surface area contributed by atoms with Crippen LogP contribution >= 0.6 is 11.6 Å². The van der Waals surface area contributed by atoms with E-state index in [1.165, 1.54) is 24.3 Å². The van der Waals surface area contributed by atoms with Gasteiger partial charge in [0.2, 0.25) is 0 Å². The molecule has 0 N–H and O–H groups in total. The van der Waals surface area contributed by atoms with Gasteiger partial charge in [0, 0.05) is 13.1 Å². The van der Waals surface area contributed by atoms with Crippen molar-refractivity contribution in [1.29, 1.82) is 0 Å². The van der Waals surface area contributed by atoms with Crippen molar-refractivity contribution in [3.63, 3.8) is 0 Å². The molecule has 0 saturated heterocycles. The van der Waals surface area contributed by atoms with E-state index in [0.717, 1.165) is 5.56 Å². The van der Waals surface area contributed by atoms with Crippen LogP contribution in [0.2, 0.25) is 5.02 Å². The molecule has 0 aromatic heterocycles. The summed E-state index contributed by atoms with van der Waals surface area (Å²) in [6.07, 6.45) is -4.72. The van der Waals surface area contributed by atoms with Crippen molar-refractivity contribution in [3.8, 4) is 5.75 Å². The largest absolute Gasteiger partial charge is 0.573 e. The van der Waals surface area contributed by atoms with Gasteiger partial charge in [-0.05, 0) is 29.3 Å². The van der Waals surface area contributed by atoms with Crippen LogP contribution in [-0.4, -0.2) is 17.2 Å². The lowest BCUT2D eigenvalue weighted by Gasteiger charge is -2.16. The average molecular weight is 342 g/mol. The van der Waals surface area contributed by atoms with Crippen molar-refractivity contribution in [3.05, 3.63) is 64.2 Å². The molecule has 0 radical (unpaired) electrons. The smallest absolute Gasteiger partial charge is 0.406 e. The Morgan fingerprint density at radius 1 is 1.13 bits per heavy atom. The van der Waals surface area contributed by atoms with Crippen LogP contribution in [0.25, 0.3) is 0 Å². The molecule has 3 nitrogen and oxygen atoms in total. The highest BCUT2D eigenvalue weighted by atomic mass is 35.5. The van der Waals surface area contributed by atoms with E-state index in [0.29, 0.717) is 22.7 Å². The molecule has 2 aromatic carbocycles. The Morgan fingerprint density at radius 2 is 1.83 bits per heavy atom. The first-order chi connectivity index (χ1) is 10.8. The molecule has 0 spiro atoms. The molecule has 3 rings (SSSR count). The Kier molecular flexibility index (Phi) is 3.93. The molecule has 120 valence electrons. The van der Waals surface area contributed by atoms with Gasteiger partial charge in [-0.2, -0.15) is 0 Å². The molecule has 0 fully saturated rings. The number of hydrogen-bond acceptors (Lipinski definition) is 2. The summed E-state index contributed by atoms with van der Waals surface area (Å²) in [4.78, 5) is 13.9. The minimum absolute atomic E-state index is 0.179. The van der Waals surface area contributed by atoms with Gasteiger partial charge in [-0.1, -0.05) is 35.9 Å². The zero-order valence-corrected chi connectivity index (χ0v) is 12.5. The average Bonchev–Trinajstić information content (AvgIpc) is 2.77. The minimum Gasteiger partial charge on any atom is -0.406 e. The van der Waals surface area contributed by atoms with Gasteiger partial charge < -0.3 is 9.64 Å². The van der Waals surface area contributed by atoms with Crippen molar-refractivity contribution in [2.75, 3.05) is 0 Å². The van der Waals surface area contributed by atoms with Gasteiger partial charge >= 0.3 is 6.36 Å².